The molecule has 298 valence electrons. The predicted molar refractivity (Wildman–Crippen MR) is 214 cm³/mol. The lowest BCUT2D eigenvalue weighted by Crippen LogP contribution is -2.61. The normalized spacial score (nSPS) is 21.4. The molecule has 7 rings (SSSR count). The highest BCUT2D eigenvalue weighted by atomic mass is 32.1. The maximum atomic E-state index is 14.2. The summed E-state index contributed by atoms with van der Waals surface area (Å²) in [5.74, 6) is -1.28. The number of cyclic esters (lactones) is 1. The number of hydrogen-bond acceptors (Lipinski definition) is 10. The molecular weight excluding hydrogens is 731 g/mol. The maximum absolute atomic E-state index is 14.2. The summed E-state index contributed by atoms with van der Waals surface area (Å²) in [6.07, 6.45) is 4.53. The van der Waals surface area contributed by atoms with Gasteiger partial charge in [-0.2, -0.15) is 0 Å². The molecule has 3 atom stereocenters. The second-order valence-electron chi connectivity index (χ2n) is 16.1. The fourth-order valence-corrected chi connectivity index (χ4v) is 9.16. The lowest BCUT2D eigenvalue weighted by Gasteiger charge is -2.36. The molecule has 2 saturated heterocycles. The van der Waals surface area contributed by atoms with Crippen LogP contribution in [-0.4, -0.2) is 93.6 Å². The number of fused-ring (bicyclic) bond motifs is 6. The zero-order valence-electron chi connectivity index (χ0n) is 33.2. The number of nitrogens with one attached hydrogen (secondary N) is 2. The van der Waals surface area contributed by atoms with E-state index in [1.807, 2.05) is 18.4 Å². The average molecular weight is 784 g/mol. The van der Waals surface area contributed by atoms with E-state index in [0.29, 0.717) is 56.7 Å². The van der Waals surface area contributed by atoms with Crippen molar-refractivity contribution in [3.05, 3.63) is 58.2 Å². The van der Waals surface area contributed by atoms with Crippen LogP contribution in [0.5, 0.6) is 0 Å². The van der Waals surface area contributed by atoms with E-state index in [0.717, 1.165) is 51.2 Å². The molecule has 0 unspecified atom stereocenters. The Morgan fingerprint density at radius 3 is 2.66 bits per heavy atom. The van der Waals surface area contributed by atoms with E-state index >= 15 is 0 Å². The molecule has 0 spiro atoms. The van der Waals surface area contributed by atoms with Crippen molar-refractivity contribution in [1.29, 1.82) is 0 Å². The summed E-state index contributed by atoms with van der Waals surface area (Å²) in [5, 5.41) is 8.32. The van der Waals surface area contributed by atoms with Crippen LogP contribution in [-0.2, 0) is 48.0 Å². The van der Waals surface area contributed by atoms with E-state index in [1.54, 1.807) is 18.2 Å². The van der Waals surface area contributed by atoms with Crippen LogP contribution in [0.25, 0.3) is 33.4 Å². The van der Waals surface area contributed by atoms with Crippen LogP contribution in [0.1, 0.15) is 82.7 Å². The number of methoxy groups -OCH3 is 1. The second kappa shape index (κ2) is 16.4. The van der Waals surface area contributed by atoms with Gasteiger partial charge in [-0.15, -0.1) is 11.3 Å². The molecule has 6 bridgehead atoms. The third kappa shape index (κ3) is 8.10. The lowest BCUT2D eigenvalue weighted by molar-refractivity contribution is -0.155. The van der Waals surface area contributed by atoms with Crippen molar-refractivity contribution in [3.63, 3.8) is 0 Å². The minimum atomic E-state index is -0.911. The first-order valence-electron chi connectivity index (χ1n) is 19.8. The Labute approximate surface area is 332 Å². The molecule has 6 heterocycles. The van der Waals surface area contributed by atoms with Gasteiger partial charge in [0.25, 0.3) is 5.91 Å². The van der Waals surface area contributed by atoms with Crippen molar-refractivity contribution in [2.75, 3.05) is 33.4 Å². The SMILES string of the molecule is CCn1c(-c2cccnc2[C@H](C)OC)c2c3cc(ccc31)-c1csc(n1)C[C@H](NC(=O)C1CCN(C(C)=O)CC1)C(=O)N1CCC[C@H](N1)C(=O)OCC(C)(C)C2. The average Bonchev–Trinajstić information content (AvgIpc) is 3.80. The molecule has 0 saturated carbocycles. The van der Waals surface area contributed by atoms with Gasteiger partial charge in [0.1, 0.15) is 12.1 Å². The number of ether oxygens (including phenoxy) is 2. The summed E-state index contributed by atoms with van der Waals surface area (Å²) >= 11 is 1.46. The standard InChI is InChI=1S/C42H53N7O6S/c1-7-48-35-13-12-28-20-30(35)31(38(48)29-10-8-16-43-37(29)25(2)54-6)22-42(4,5)24-55-41(53)32-11-9-17-49(46-32)40(52)33(21-36-44-34(28)23-56-36)45-39(51)27-14-18-47(19-15-27)26(3)50/h8,10,12-13,16,20,23,25,27,32-33,46H,7,9,11,14-15,17-19,21-22,24H2,1-6H3,(H,45,51)/t25-,32-,33-/m0/s1. The molecule has 3 amide bonds. The molecule has 3 aromatic heterocycles. The Morgan fingerprint density at radius 2 is 1.93 bits per heavy atom. The first kappa shape index (κ1) is 39.6. The topological polar surface area (TPSA) is 148 Å². The summed E-state index contributed by atoms with van der Waals surface area (Å²) < 4.78 is 14.2. The highest BCUT2D eigenvalue weighted by Crippen LogP contribution is 2.42. The number of aromatic nitrogens is 3. The Balaban J connectivity index is 1.30. The number of hydrazine groups is 1. The Bertz CT molecular complexity index is 2120. The molecule has 4 aromatic rings. The number of benzene rings is 1. The molecular formula is C42H53N7O6S. The van der Waals surface area contributed by atoms with Crippen molar-refractivity contribution in [1.82, 2.24) is 35.2 Å². The maximum Gasteiger partial charge on any atom is 0.324 e. The molecule has 56 heavy (non-hydrogen) atoms. The van der Waals surface area contributed by atoms with Gasteiger partial charge in [-0.3, -0.25) is 29.2 Å². The number of pyridine rings is 1. The van der Waals surface area contributed by atoms with E-state index in [-0.39, 0.29) is 42.8 Å². The summed E-state index contributed by atoms with van der Waals surface area (Å²) in [5.41, 5.74) is 9.52. The van der Waals surface area contributed by atoms with E-state index in [4.69, 9.17) is 19.4 Å². The third-order valence-electron chi connectivity index (χ3n) is 11.5. The van der Waals surface area contributed by atoms with Crippen LogP contribution in [0.4, 0.5) is 0 Å². The number of likely N-dealkylation sites (tertiary alicyclic amines) is 1. The van der Waals surface area contributed by atoms with Gasteiger partial charge in [-0.1, -0.05) is 19.9 Å². The van der Waals surface area contributed by atoms with Crippen LogP contribution in [0.2, 0.25) is 0 Å². The van der Waals surface area contributed by atoms with E-state index in [9.17, 15) is 19.2 Å². The lowest BCUT2D eigenvalue weighted by atomic mass is 9.84. The number of thiazole rings is 1. The van der Waals surface area contributed by atoms with Crippen LogP contribution >= 0.6 is 11.3 Å². The van der Waals surface area contributed by atoms with Crippen LogP contribution < -0.4 is 10.7 Å². The predicted octanol–water partition coefficient (Wildman–Crippen LogP) is 5.46. The number of rotatable bonds is 6. The van der Waals surface area contributed by atoms with Gasteiger partial charge in [0.15, 0.2) is 0 Å². The quantitative estimate of drug-likeness (QED) is 0.243. The first-order chi connectivity index (χ1) is 26.9. The van der Waals surface area contributed by atoms with E-state index in [1.165, 1.54) is 23.3 Å². The van der Waals surface area contributed by atoms with Gasteiger partial charge >= 0.3 is 5.97 Å². The molecule has 0 aliphatic carbocycles. The number of esters is 1. The van der Waals surface area contributed by atoms with Crippen molar-refractivity contribution >= 4 is 45.9 Å². The molecule has 14 heteroatoms. The number of aryl methyl sites for hydroxylation is 1. The Hall–Kier alpha value is -4.66. The number of carbonyl (C=O) groups is 4. The fourth-order valence-electron chi connectivity index (χ4n) is 8.31. The minimum Gasteiger partial charge on any atom is -0.464 e. The van der Waals surface area contributed by atoms with Gasteiger partial charge in [0, 0.05) is 91.6 Å². The summed E-state index contributed by atoms with van der Waals surface area (Å²) in [4.78, 5) is 65.1. The van der Waals surface area contributed by atoms with Crippen molar-refractivity contribution in [2.24, 2.45) is 11.3 Å². The van der Waals surface area contributed by atoms with E-state index < -0.39 is 23.5 Å². The van der Waals surface area contributed by atoms with Crippen LogP contribution in [0, 0.1) is 11.3 Å². The van der Waals surface area contributed by atoms with E-state index in [2.05, 4.69) is 60.3 Å². The molecule has 13 nitrogen and oxygen atoms in total. The molecule has 2 fully saturated rings. The zero-order valence-corrected chi connectivity index (χ0v) is 34.0. The summed E-state index contributed by atoms with van der Waals surface area (Å²) in [7, 11) is 1.69. The Morgan fingerprint density at radius 1 is 1.14 bits per heavy atom. The molecule has 2 N–H and O–H groups in total. The highest BCUT2D eigenvalue weighted by molar-refractivity contribution is 7.10. The van der Waals surface area contributed by atoms with Crippen LogP contribution in [0.15, 0.2) is 41.9 Å². The summed E-state index contributed by atoms with van der Waals surface area (Å²) in [6.45, 7) is 12.2. The van der Waals surface area contributed by atoms with Gasteiger partial charge in [-0.25, -0.2) is 10.4 Å². The number of piperidine rings is 1. The van der Waals surface area contributed by atoms with Gasteiger partial charge < -0.3 is 24.3 Å². The number of carbonyl (C=O) groups excluding carboxylic acids is 4. The van der Waals surface area contributed by atoms with Crippen LogP contribution in [0.3, 0.4) is 0 Å². The van der Waals surface area contributed by atoms with Crippen molar-refractivity contribution in [3.8, 4) is 22.5 Å². The summed E-state index contributed by atoms with van der Waals surface area (Å²) in [6, 6.07) is 8.86. The van der Waals surface area contributed by atoms with Crippen molar-refractivity contribution in [2.45, 2.75) is 97.9 Å². The smallest absolute Gasteiger partial charge is 0.324 e. The monoisotopic (exact) mass is 783 g/mol. The van der Waals surface area contributed by atoms with Gasteiger partial charge in [0.2, 0.25) is 11.8 Å². The molecule has 0 radical (unpaired) electrons. The van der Waals surface area contributed by atoms with Crippen molar-refractivity contribution < 1.29 is 28.7 Å². The fraction of sp³-hybridized carbons (Fsp3) is 0.524. The van der Waals surface area contributed by atoms with Gasteiger partial charge in [0.05, 0.1) is 34.8 Å². The third-order valence-corrected chi connectivity index (χ3v) is 12.3. The van der Waals surface area contributed by atoms with Gasteiger partial charge in [-0.05, 0) is 75.8 Å². The largest absolute Gasteiger partial charge is 0.464 e. The zero-order chi connectivity index (χ0) is 39.7. The number of hydrogen-bond donors (Lipinski definition) is 2. The number of amides is 3. The number of nitrogens with zero attached hydrogens (tertiary/aromatic N) is 5. The molecule has 3 aliphatic rings. The second-order valence-corrected chi connectivity index (χ2v) is 17.0. The Kier molecular flexibility index (Phi) is 11.6. The first-order valence-corrected chi connectivity index (χ1v) is 20.6. The molecule has 3 aliphatic heterocycles. The highest BCUT2D eigenvalue weighted by Gasteiger charge is 2.37. The minimum absolute atomic E-state index is 0.00613. The molecule has 1 aromatic carbocycles.